The molecule has 1 unspecified atom stereocenters. The van der Waals surface area contributed by atoms with Crippen LogP contribution in [0.25, 0.3) is 11.1 Å². The normalized spacial score (nSPS) is 15.0. The topological polar surface area (TPSA) is 119 Å². The second kappa shape index (κ2) is 6.95. The Kier molecular flexibility index (Phi) is 4.32. The number of aromatic nitrogens is 2. The monoisotopic (exact) mass is 377 g/mol. The van der Waals surface area contributed by atoms with Gasteiger partial charge in [0.25, 0.3) is 11.6 Å². The number of carbonyl (C=O) groups is 2. The van der Waals surface area contributed by atoms with Gasteiger partial charge in [-0.15, -0.1) is 0 Å². The smallest absolute Gasteiger partial charge is 0.292 e. The molecule has 0 spiro atoms. The van der Waals surface area contributed by atoms with Crippen molar-refractivity contribution in [2.75, 3.05) is 10.6 Å². The molecule has 1 aliphatic heterocycles. The summed E-state index contributed by atoms with van der Waals surface area (Å²) in [6.07, 6.45) is 1.44. The molecule has 9 nitrogen and oxygen atoms in total. The van der Waals surface area contributed by atoms with Crippen molar-refractivity contribution in [3.63, 3.8) is 0 Å². The molecule has 0 fully saturated rings. The van der Waals surface area contributed by atoms with Crippen molar-refractivity contribution in [1.29, 1.82) is 0 Å². The molecule has 2 heterocycles. The Bertz CT molecular complexity index is 1080. The SMILES string of the molecule is O=C(CC1C(=O)Nc2c(-c3ccccc3)cnn21)Nc1ccccc1[N+](=O)[O-]. The van der Waals surface area contributed by atoms with Crippen LogP contribution in [0.15, 0.2) is 60.8 Å². The summed E-state index contributed by atoms with van der Waals surface area (Å²) in [6, 6.07) is 14.5. The number of amides is 2. The average molecular weight is 377 g/mol. The van der Waals surface area contributed by atoms with Gasteiger partial charge in [-0.1, -0.05) is 42.5 Å². The second-order valence-electron chi connectivity index (χ2n) is 6.25. The maximum absolute atomic E-state index is 12.4. The van der Waals surface area contributed by atoms with E-state index in [0.29, 0.717) is 5.82 Å². The molecule has 1 aliphatic rings. The van der Waals surface area contributed by atoms with E-state index in [0.717, 1.165) is 11.1 Å². The van der Waals surface area contributed by atoms with Gasteiger partial charge in [0.05, 0.1) is 17.5 Å². The van der Waals surface area contributed by atoms with Crippen molar-refractivity contribution in [3.8, 4) is 11.1 Å². The van der Waals surface area contributed by atoms with Gasteiger partial charge in [0.2, 0.25) is 5.91 Å². The highest BCUT2D eigenvalue weighted by atomic mass is 16.6. The van der Waals surface area contributed by atoms with Crippen molar-refractivity contribution in [2.45, 2.75) is 12.5 Å². The van der Waals surface area contributed by atoms with Crippen LogP contribution in [0.3, 0.4) is 0 Å². The third kappa shape index (κ3) is 3.09. The van der Waals surface area contributed by atoms with E-state index in [1.165, 1.54) is 22.9 Å². The molecule has 9 heteroatoms. The molecule has 0 bridgehead atoms. The molecule has 0 aliphatic carbocycles. The summed E-state index contributed by atoms with van der Waals surface area (Å²) in [6.45, 7) is 0. The van der Waals surface area contributed by atoms with E-state index in [2.05, 4.69) is 15.7 Å². The molecule has 1 aromatic heterocycles. The van der Waals surface area contributed by atoms with E-state index in [9.17, 15) is 19.7 Å². The summed E-state index contributed by atoms with van der Waals surface area (Å²) < 4.78 is 1.48. The van der Waals surface area contributed by atoms with E-state index in [1.807, 2.05) is 30.3 Å². The van der Waals surface area contributed by atoms with Gasteiger partial charge in [0.1, 0.15) is 17.5 Å². The first-order valence-electron chi connectivity index (χ1n) is 8.51. The van der Waals surface area contributed by atoms with E-state index in [-0.39, 0.29) is 23.7 Å². The number of nitrogens with zero attached hydrogens (tertiary/aromatic N) is 3. The standard InChI is InChI=1S/C19H15N5O4/c25-17(21-14-8-4-5-9-15(14)24(27)28)10-16-19(26)22-18-13(11-20-23(16)18)12-6-2-1-3-7-12/h1-9,11,16H,10H2,(H,21,25)(H,22,26). The zero-order chi connectivity index (χ0) is 19.7. The predicted molar refractivity (Wildman–Crippen MR) is 102 cm³/mol. The van der Waals surface area contributed by atoms with Crippen LogP contribution in [0, 0.1) is 10.1 Å². The minimum absolute atomic E-state index is 0.0848. The van der Waals surface area contributed by atoms with Crippen molar-refractivity contribution in [3.05, 3.63) is 70.9 Å². The van der Waals surface area contributed by atoms with Gasteiger partial charge >= 0.3 is 0 Å². The Morgan fingerprint density at radius 1 is 1.18 bits per heavy atom. The molecule has 2 amide bonds. The predicted octanol–water partition coefficient (Wildman–Crippen LogP) is 2.98. The lowest BCUT2D eigenvalue weighted by Gasteiger charge is -2.10. The number of rotatable bonds is 5. The lowest BCUT2D eigenvalue weighted by Crippen LogP contribution is -2.23. The van der Waals surface area contributed by atoms with Gasteiger partial charge in [0, 0.05) is 11.6 Å². The van der Waals surface area contributed by atoms with Crippen molar-refractivity contribution < 1.29 is 14.5 Å². The maximum Gasteiger partial charge on any atom is 0.292 e. The minimum Gasteiger partial charge on any atom is -0.320 e. The lowest BCUT2D eigenvalue weighted by molar-refractivity contribution is -0.383. The van der Waals surface area contributed by atoms with Crippen LogP contribution in [0.2, 0.25) is 0 Å². The zero-order valence-corrected chi connectivity index (χ0v) is 14.5. The number of nitro groups is 1. The fourth-order valence-electron chi connectivity index (χ4n) is 3.16. The Labute approximate surface area is 159 Å². The molecule has 4 rings (SSSR count). The largest absolute Gasteiger partial charge is 0.320 e. The van der Waals surface area contributed by atoms with Crippen molar-refractivity contribution >= 4 is 29.0 Å². The van der Waals surface area contributed by atoms with Crippen LogP contribution in [-0.2, 0) is 9.59 Å². The van der Waals surface area contributed by atoms with Gasteiger partial charge in [-0.3, -0.25) is 19.7 Å². The van der Waals surface area contributed by atoms with Crippen LogP contribution < -0.4 is 10.6 Å². The van der Waals surface area contributed by atoms with E-state index in [1.54, 1.807) is 12.3 Å². The quantitative estimate of drug-likeness (QED) is 0.523. The maximum atomic E-state index is 12.4. The summed E-state index contributed by atoms with van der Waals surface area (Å²) in [4.78, 5) is 35.3. The van der Waals surface area contributed by atoms with Gasteiger partial charge in [-0.25, -0.2) is 4.68 Å². The van der Waals surface area contributed by atoms with Crippen LogP contribution in [0.1, 0.15) is 12.5 Å². The molecule has 140 valence electrons. The molecule has 2 aromatic carbocycles. The first-order chi connectivity index (χ1) is 13.5. The molecule has 3 aromatic rings. The number of hydrogen-bond acceptors (Lipinski definition) is 5. The van der Waals surface area contributed by atoms with E-state index >= 15 is 0 Å². The molecule has 0 saturated heterocycles. The molecule has 0 radical (unpaired) electrons. The number of fused-ring (bicyclic) bond motifs is 1. The molecule has 1 atom stereocenters. The summed E-state index contributed by atoms with van der Waals surface area (Å²) in [5.41, 5.74) is 1.53. The molecule has 2 N–H and O–H groups in total. The molecule has 28 heavy (non-hydrogen) atoms. The second-order valence-corrected chi connectivity index (χ2v) is 6.25. The van der Waals surface area contributed by atoms with Crippen molar-refractivity contribution in [1.82, 2.24) is 9.78 Å². The van der Waals surface area contributed by atoms with Crippen LogP contribution in [0.5, 0.6) is 0 Å². The van der Waals surface area contributed by atoms with Crippen molar-refractivity contribution in [2.24, 2.45) is 0 Å². The van der Waals surface area contributed by atoms with Gasteiger partial charge < -0.3 is 10.6 Å². The Hall–Kier alpha value is -4.01. The number of nitro benzene ring substituents is 1. The Morgan fingerprint density at radius 3 is 2.64 bits per heavy atom. The third-order valence-corrected chi connectivity index (χ3v) is 4.47. The lowest BCUT2D eigenvalue weighted by atomic mass is 10.1. The highest BCUT2D eigenvalue weighted by Gasteiger charge is 2.35. The number of hydrogen-bond donors (Lipinski definition) is 2. The third-order valence-electron chi connectivity index (χ3n) is 4.47. The zero-order valence-electron chi connectivity index (χ0n) is 14.5. The number of para-hydroxylation sites is 2. The van der Waals surface area contributed by atoms with Gasteiger partial charge in [0.15, 0.2) is 0 Å². The number of carbonyl (C=O) groups excluding carboxylic acids is 2. The summed E-state index contributed by atoms with van der Waals surface area (Å²) >= 11 is 0. The highest BCUT2D eigenvalue weighted by Crippen LogP contribution is 2.35. The minimum atomic E-state index is -0.824. The Balaban J connectivity index is 1.54. The summed E-state index contributed by atoms with van der Waals surface area (Å²) in [5.74, 6) is -0.336. The summed E-state index contributed by atoms with van der Waals surface area (Å²) in [5, 5.41) is 20.6. The number of anilines is 2. The molecular formula is C19H15N5O4. The first kappa shape index (κ1) is 17.4. The van der Waals surface area contributed by atoms with Crippen LogP contribution in [0.4, 0.5) is 17.2 Å². The fraction of sp³-hybridized carbons (Fsp3) is 0.105. The number of benzene rings is 2. The highest BCUT2D eigenvalue weighted by molar-refractivity contribution is 6.04. The van der Waals surface area contributed by atoms with Crippen LogP contribution >= 0.6 is 0 Å². The van der Waals surface area contributed by atoms with E-state index in [4.69, 9.17) is 0 Å². The molecule has 0 saturated carbocycles. The van der Waals surface area contributed by atoms with Gasteiger partial charge in [-0.05, 0) is 11.6 Å². The van der Waals surface area contributed by atoms with Gasteiger partial charge in [-0.2, -0.15) is 5.10 Å². The van der Waals surface area contributed by atoms with Crippen LogP contribution in [-0.4, -0.2) is 26.5 Å². The summed E-state index contributed by atoms with van der Waals surface area (Å²) in [7, 11) is 0. The van der Waals surface area contributed by atoms with E-state index < -0.39 is 16.9 Å². The first-order valence-corrected chi connectivity index (χ1v) is 8.51. The fourth-order valence-corrected chi connectivity index (χ4v) is 3.16. The number of nitrogens with one attached hydrogen (secondary N) is 2. The Morgan fingerprint density at radius 2 is 1.89 bits per heavy atom. The molecular weight excluding hydrogens is 362 g/mol. The average Bonchev–Trinajstić information content (AvgIpc) is 3.22.